The summed E-state index contributed by atoms with van der Waals surface area (Å²) in [5.41, 5.74) is 0. The monoisotopic (exact) mass is 364 g/mol. The topological polar surface area (TPSA) is 65.6 Å². The van der Waals surface area contributed by atoms with E-state index >= 15 is 0 Å². The molecular weight excluding hydrogens is 336 g/mol. The highest BCUT2D eigenvalue weighted by Crippen LogP contribution is 2.27. The molecule has 0 spiro atoms. The van der Waals surface area contributed by atoms with Gasteiger partial charge in [0.15, 0.2) is 5.11 Å². The van der Waals surface area contributed by atoms with E-state index in [1.165, 1.54) is 19.3 Å². The predicted octanol–water partition coefficient (Wildman–Crippen LogP) is 2.00. The fraction of sp³-hybridized carbons (Fsp3) is 0.706. The average molecular weight is 365 g/mol. The molecule has 2 aliphatic heterocycles. The number of rotatable bonds is 4. The molecule has 2 N–H and O–H groups in total. The maximum absolute atomic E-state index is 5.47. The second-order valence-corrected chi connectivity index (χ2v) is 6.94. The number of anilines is 3. The first-order chi connectivity index (χ1) is 12.2. The Hall–Kier alpha value is -1.67. The average Bonchev–Trinajstić information content (AvgIpc) is 2.63. The summed E-state index contributed by atoms with van der Waals surface area (Å²) in [6, 6.07) is 2.60. The quantitative estimate of drug-likeness (QED) is 0.787. The minimum Gasteiger partial charge on any atom is -0.378 e. The molecule has 0 amide bonds. The van der Waals surface area contributed by atoms with Gasteiger partial charge >= 0.3 is 0 Å². The maximum atomic E-state index is 5.47. The molecular formula is C17H28N6OS. The first-order valence-electron chi connectivity index (χ1n) is 9.20. The minimum atomic E-state index is 0.495. The summed E-state index contributed by atoms with van der Waals surface area (Å²) in [5, 5.41) is 6.78. The Morgan fingerprint density at radius 2 is 2.00 bits per heavy atom. The predicted molar refractivity (Wildman–Crippen MR) is 106 cm³/mol. The Labute approximate surface area is 155 Å². The summed E-state index contributed by atoms with van der Waals surface area (Å²) in [5.74, 6) is 2.47. The first kappa shape index (κ1) is 18.1. The molecule has 0 unspecified atom stereocenters. The Morgan fingerprint density at radius 1 is 1.24 bits per heavy atom. The Kier molecular flexibility index (Phi) is 6.25. The van der Waals surface area contributed by atoms with Crippen LogP contribution in [0.4, 0.5) is 17.6 Å². The zero-order valence-electron chi connectivity index (χ0n) is 15.1. The van der Waals surface area contributed by atoms with Crippen molar-refractivity contribution in [2.24, 2.45) is 0 Å². The van der Waals surface area contributed by atoms with Crippen molar-refractivity contribution in [2.45, 2.75) is 39.2 Å². The van der Waals surface area contributed by atoms with Gasteiger partial charge in [0.1, 0.15) is 11.6 Å². The Bertz CT molecular complexity index is 593. The zero-order chi connectivity index (χ0) is 17.6. The van der Waals surface area contributed by atoms with Crippen molar-refractivity contribution in [1.82, 2.24) is 15.3 Å². The highest BCUT2D eigenvalue weighted by atomic mass is 32.1. The van der Waals surface area contributed by atoms with E-state index in [1.807, 2.05) is 6.92 Å². The highest BCUT2D eigenvalue weighted by molar-refractivity contribution is 7.80. The van der Waals surface area contributed by atoms with Gasteiger partial charge in [0.2, 0.25) is 5.95 Å². The van der Waals surface area contributed by atoms with Crippen LogP contribution < -0.4 is 20.4 Å². The molecule has 0 aromatic carbocycles. The number of piperidine rings is 1. The van der Waals surface area contributed by atoms with Crippen molar-refractivity contribution in [3.8, 4) is 0 Å². The summed E-state index contributed by atoms with van der Waals surface area (Å²) in [6.07, 6.45) is 3.70. The molecule has 1 atom stereocenters. The van der Waals surface area contributed by atoms with E-state index in [9.17, 15) is 0 Å². The number of morpholine rings is 1. The van der Waals surface area contributed by atoms with Gasteiger partial charge < -0.3 is 25.2 Å². The SMILES string of the molecule is CCNC(=S)Nc1nc(N2CCOCC2)cc(N2CCCC[C@@H]2C)n1. The lowest BCUT2D eigenvalue weighted by atomic mass is 10.0. The maximum Gasteiger partial charge on any atom is 0.232 e. The second kappa shape index (κ2) is 8.62. The fourth-order valence-electron chi connectivity index (χ4n) is 3.32. The van der Waals surface area contributed by atoms with Crippen molar-refractivity contribution in [3.05, 3.63) is 6.07 Å². The molecule has 2 saturated heterocycles. The third-order valence-corrected chi connectivity index (χ3v) is 4.94. The molecule has 3 rings (SSSR count). The third-order valence-electron chi connectivity index (χ3n) is 4.69. The van der Waals surface area contributed by atoms with Crippen LogP contribution >= 0.6 is 12.2 Å². The number of ether oxygens (including phenoxy) is 1. The summed E-state index contributed by atoms with van der Waals surface area (Å²) >= 11 is 5.31. The molecule has 8 heteroatoms. The zero-order valence-corrected chi connectivity index (χ0v) is 15.9. The Balaban J connectivity index is 1.88. The van der Waals surface area contributed by atoms with Crippen LogP contribution in [0, 0.1) is 0 Å². The standard InChI is InChI=1S/C17H28N6OS/c1-3-18-17(25)21-16-19-14(22-8-10-24-11-9-22)12-15(20-16)23-7-5-4-6-13(23)2/h12-13H,3-11H2,1-2H3,(H2,18,19,20,21,25)/t13-/m0/s1. The molecule has 25 heavy (non-hydrogen) atoms. The summed E-state index contributed by atoms with van der Waals surface area (Å²) < 4.78 is 5.47. The van der Waals surface area contributed by atoms with Crippen LogP contribution in [0.3, 0.4) is 0 Å². The van der Waals surface area contributed by atoms with Gasteiger partial charge in [-0.15, -0.1) is 0 Å². The molecule has 7 nitrogen and oxygen atoms in total. The molecule has 0 aliphatic carbocycles. The third kappa shape index (κ3) is 4.70. The van der Waals surface area contributed by atoms with Crippen LogP contribution in [0.25, 0.3) is 0 Å². The van der Waals surface area contributed by atoms with Gasteiger partial charge in [-0.3, -0.25) is 0 Å². The summed E-state index contributed by atoms with van der Waals surface area (Å²) in [4.78, 5) is 14.1. The van der Waals surface area contributed by atoms with E-state index in [4.69, 9.17) is 26.9 Å². The van der Waals surface area contributed by atoms with E-state index in [0.717, 1.165) is 51.0 Å². The van der Waals surface area contributed by atoms with Gasteiger partial charge in [-0.2, -0.15) is 9.97 Å². The molecule has 138 valence electrons. The van der Waals surface area contributed by atoms with Gasteiger partial charge in [-0.05, 0) is 45.3 Å². The van der Waals surface area contributed by atoms with Gasteiger partial charge in [0, 0.05) is 38.3 Å². The number of aromatic nitrogens is 2. The van der Waals surface area contributed by atoms with Crippen LogP contribution in [0.5, 0.6) is 0 Å². The summed E-state index contributed by atoms with van der Waals surface area (Å²) in [7, 11) is 0. The van der Waals surface area contributed by atoms with Crippen LogP contribution in [0.15, 0.2) is 6.07 Å². The van der Waals surface area contributed by atoms with E-state index in [2.05, 4.69) is 33.4 Å². The first-order valence-corrected chi connectivity index (χ1v) is 9.61. The van der Waals surface area contributed by atoms with E-state index < -0.39 is 0 Å². The lowest BCUT2D eigenvalue weighted by Gasteiger charge is -2.35. The van der Waals surface area contributed by atoms with Crippen LogP contribution in [0.2, 0.25) is 0 Å². The lowest BCUT2D eigenvalue weighted by Crippen LogP contribution is -2.40. The molecule has 3 heterocycles. The highest BCUT2D eigenvalue weighted by Gasteiger charge is 2.23. The van der Waals surface area contributed by atoms with Gasteiger partial charge in [-0.25, -0.2) is 0 Å². The van der Waals surface area contributed by atoms with Crippen LogP contribution in [-0.2, 0) is 4.74 Å². The number of thiocarbonyl (C=S) groups is 1. The van der Waals surface area contributed by atoms with Crippen molar-refractivity contribution >= 4 is 34.9 Å². The number of nitrogens with one attached hydrogen (secondary N) is 2. The van der Waals surface area contributed by atoms with Crippen LogP contribution in [0.1, 0.15) is 33.1 Å². The molecule has 1 aromatic heterocycles. The summed E-state index contributed by atoms with van der Waals surface area (Å²) in [6.45, 7) is 9.26. The molecule has 1 aromatic rings. The van der Waals surface area contributed by atoms with E-state index in [1.54, 1.807) is 0 Å². The van der Waals surface area contributed by atoms with Crippen molar-refractivity contribution in [2.75, 3.05) is 54.5 Å². The smallest absolute Gasteiger partial charge is 0.232 e. The second-order valence-electron chi connectivity index (χ2n) is 6.53. The molecule has 2 aliphatic rings. The number of nitrogens with zero attached hydrogens (tertiary/aromatic N) is 4. The molecule has 2 fully saturated rings. The number of hydrogen-bond donors (Lipinski definition) is 2. The van der Waals surface area contributed by atoms with Crippen molar-refractivity contribution < 1.29 is 4.74 Å². The van der Waals surface area contributed by atoms with E-state index in [0.29, 0.717) is 17.1 Å². The van der Waals surface area contributed by atoms with Crippen molar-refractivity contribution in [1.29, 1.82) is 0 Å². The number of hydrogen-bond acceptors (Lipinski definition) is 6. The molecule has 0 bridgehead atoms. The van der Waals surface area contributed by atoms with Crippen molar-refractivity contribution in [3.63, 3.8) is 0 Å². The van der Waals surface area contributed by atoms with Gasteiger partial charge in [-0.1, -0.05) is 0 Å². The lowest BCUT2D eigenvalue weighted by molar-refractivity contribution is 0.122. The van der Waals surface area contributed by atoms with Crippen LogP contribution in [-0.4, -0.2) is 60.5 Å². The van der Waals surface area contributed by atoms with Gasteiger partial charge in [0.05, 0.1) is 13.2 Å². The molecule has 0 radical (unpaired) electrons. The fourth-order valence-corrected chi connectivity index (χ4v) is 3.56. The largest absolute Gasteiger partial charge is 0.378 e. The Morgan fingerprint density at radius 3 is 2.72 bits per heavy atom. The van der Waals surface area contributed by atoms with E-state index in [-0.39, 0.29) is 0 Å². The van der Waals surface area contributed by atoms with Gasteiger partial charge in [0.25, 0.3) is 0 Å². The normalized spacial score (nSPS) is 21.1. The molecule has 0 saturated carbocycles. The minimum absolute atomic E-state index is 0.495.